The predicted molar refractivity (Wildman–Crippen MR) is 71.4 cm³/mol. The van der Waals surface area contributed by atoms with Gasteiger partial charge in [-0.1, -0.05) is 12.8 Å². The van der Waals surface area contributed by atoms with Crippen LogP contribution < -0.4 is 10.6 Å². The van der Waals surface area contributed by atoms with Crippen LogP contribution in [0, 0.1) is 11.7 Å². The zero-order chi connectivity index (χ0) is 13.7. The highest BCUT2D eigenvalue weighted by molar-refractivity contribution is 5.89. The number of hydrogen-bond donors (Lipinski definition) is 3. The molecular formula is C14H19FN2O2. The SMILES string of the molecule is O=C(Nc1ccc(F)cc1)NC1CCCCC1CO. The van der Waals surface area contributed by atoms with Crippen LogP contribution in [0.2, 0.25) is 0 Å². The van der Waals surface area contributed by atoms with E-state index in [9.17, 15) is 14.3 Å². The first-order chi connectivity index (χ1) is 9.19. The Morgan fingerprint density at radius 3 is 2.63 bits per heavy atom. The van der Waals surface area contributed by atoms with Crippen molar-refractivity contribution in [1.29, 1.82) is 0 Å². The first kappa shape index (κ1) is 13.8. The number of urea groups is 1. The third-order valence-corrected chi connectivity index (χ3v) is 3.56. The number of benzene rings is 1. The van der Waals surface area contributed by atoms with E-state index >= 15 is 0 Å². The molecule has 5 heteroatoms. The Kier molecular flexibility index (Phi) is 4.74. The van der Waals surface area contributed by atoms with E-state index < -0.39 is 0 Å². The van der Waals surface area contributed by atoms with Gasteiger partial charge in [-0.2, -0.15) is 0 Å². The van der Waals surface area contributed by atoms with Crippen LogP contribution in [0.4, 0.5) is 14.9 Å². The summed E-state index contributed by atoms with van der Waals surface area (Å²) in [6.07, 6.45) is 4.00. The molecule has 4 nitrogen and oxygen atoms in total. The average molecular weight is 266 g/mol. The number of anilines is 1. The molecule has 2 rings (SSSR count). The van der Waals surface area contributed by atoms with Crippen LogP contribution >= 0.6 is 0 Å². The lowest BCUT2D eigenvalue weighted by atomic mass is 9.85. The van der Waals surface area contributed by atoms with E-state index in [0.717, 1.165) is 25.7 Å². The molecule has 1 aliphatic rings. The van der Waals surface area contributed by atoms with Crippen LogP contribution in [-0.2, 0) is 0 Å². The molecule has 2 atom stereocenters. The molecule has 104 valence electrons. The Labute approximate surface area is 112 Å². The summed E-state index contributed by atoms with van der Waals surface area (Å²) in [5, 5.41) is 14.8. The first-order valence-electron chi connectivity index (χ1n) is 6.63. The number of aliphatic hydroxyl groups is 1. The normalized spacial score (nSPS) is 22.8. The van der Waals surface area contributed by atoms with E-state index in [4.69, 9.17) is 0 Å². The second-order valence-electron chi connectivity index (χ2n) is 4.94. The van der Waals surface area contributed by atoms with Gasteiger partial charge in [0, 0.05) is 24.3 Å². The minimum atomic E-state index is -0.335. The van der Waals surface area contributed by atoms with Crippen molar-refractivity contribution in [3.8, 4) is 0 Å². The number of hydrogen-bond acceptors (Lipinski definition) is 2. The Morgan fingerprint density at radius 2 is 1.95 bits per heavy atom. The van der Waals surface area contributed by atoms with Gasteiger partial charge in [-0.05, 0) is 37.1 Å². The van der Waals surface area contributed by atoms with E-state index in [0.29, 0.717) is 5.69 Å². The van der Waals surface area contributed by atoms with Crippen molar-refractivity contribution in [2.45, 2.75) is 31.7 Å². The molecule has 0 bridgehead atoms. The molecule has 1 aromatic rings. The topological polar surface area (TPSA) is 61.4 Å². The maximum Gasteiger partial charge on any atom is 0.319 e. The Balaban J connectivity index is 1.88. The van der Waals surface area contributed by atoms with Gasteiger partial charge in [0.1, 0.15) is 5.82 Å². The van der Waals surface area contributed by atoms with Crippen LogP contribution in [0.3, 0.4) is 0 Å². The number of carbonyl (C=O) groups is 1. The van der Waals surface area contributed by atoms with Crippen LogP contribution in [0.5, 0.6) is 0 Å². The molecule has 2 unspecified atom stereocenters. The zero-order valence-corrected chi connectivity index (χ0v) is 10.7. The second-order valence-corrected chi connectivity index (χ2v) is 4.94. The molecular weight excluding hydrogens is 247 g/mol. The standard InChI is InChI=1S/C14H19FN2O2/c15-11-5-7-12(8-6-11)16-14(19)17-13-4-2-1-3-10(13)9-18/h5-8,10,13,18H,1-4,9H2,(H2,16,17,19). The highest BCUT2D eigenvalue weighted by Gasteiger charge is 2.25. The third-order valence-electron chi connectivity index (χ3n) is 3.56. The van der Waals surface area contributed by atoms with Crippen molar-refractivity contribution in [3.05, 3.63) is 30.1 Å². The molecule has 0 spiro atoms. The summed E-state index contributed by atoms with van der Waals surface area (Å²) in [4.78, 5) is 11.8. The van der Waals surface area contributed by atoms with Gasteiger partial charge >= 0.3 is 6.03 Å². The highest BCUT2D eigenvalue weighted by atomic mass is 19.1. The van der Waals surface area contributed by atoms with Gasteiger partial charge in [0.25, 0.3) is 0 Å². The van der Waals surface area contributed by atoms with Crippen molar-refractivity contribution in [2.24, 2.45) is 5.92 Å². The van der Waals surface area contributed by atoms with E-state index in [-0.39, 0.29) is 30.4 Å². The molecule has 2 amide bonds. The third kappa shape index (κ3) is 3.92. The van der Waals surface area contributed by atoms with Gasteiger partial charge in [-0.25, -0.2) is 9.18 Å². The Bertz CT molecular complexity index is 422. The average Bonchev–Trinajstić information content (AvgIpc) is 2.42. The van der Waals surface area contributed by atoms with Gasteiger partial charge in [-0.3, -0.25) is 0 Å². The van der Waals surface area contributed by atoms with Crippen molar-refractivity contribution in [3.63, 3.8) is 0 Å². The molecule has 0 aliphatic heterocycles. The summed E-state index contributed by atoms with van der Waals surface area (Å²) in [6, 6.07) is 5.33. The molecule has 1 fully saturated rings. The van der Waals surface area contributed by atoms with E-state index in [2.05, 4.69) is 10.6 Å². The molecule has 1 aromatic carbocycles. The fraction of sp³-hybridized carbons (Fsp3) is 0.500. The molecule has 19 heavy (non-hydrogen) atoms. The molecule has 1 aliphatic carbocycles. The minimum absolute atomic E-state index is 0.0131. The lowest BCUT2D eigenvalue weighted by Gasteiger charge is -2.30. The van der Waals surface area contributed by atoms with E-state index in [1.54, 1.807) is 0 Å². The van der Waals surface area contributed by atoms with Crippen LogP contribution in [0.25, 0.3) is 0 Å². The van der Waals surface area contributed by atoms with Gasteiger partial charge in [0.15, 0.2) is 0 Å². The fourth-order valence-corrected chi connectivity index (χ4v) is 2.48. The van der Waals surface area contributed by atoms with Crippen molar-refractivity contribution in [2.75, 3.05) is 11.9 Å². The molecule has 0 heterocycles. The van der Waals surface area contributed by atoms with Crippen LogP contribution in [-0.4, -0.2) is 23.8 Å². The molecule has 0 saturated heterocycles. The second kappa shape index (κ2) is 6.52. The largest absolute Gasteiger partial charge is 0.396 e. The molecule has 1 saturated carbocycles. The summed E-state index contributed by atoms with van der Waals surface area (Å²) in [7, 11) is 0. The number of nitrogens with one attached hydrogen (secondary N) is 2. The van der Waals surface area contributed by atoms with Gasteiger partial charge in [-0.15, -0.1) is 0 Å². The van der Waals surface area contributed by atoms with E-state index in [1.807, 2.05) is 0 Å². The molecule has 3 N–H and O–H groups in total. The quantitative estimate of drug-likeness (QED) is 0.787. The summed E-state index contributed by atoms with van der Waals surface area (Å²) < 4.78 is 12.7. The van der Waals surface area contributed by atoms with Gasteiger partial charge in [0.05, 0.1) is 0 Å². The summed E-state index contributed by atoms with van der Waals surface area (Å²) >= 11 is 0. The van der Waals surface area contributed by atoms with Gasteiger partial charge in [0.2, 0.25) is 0 Å². The predicted octanol–water partition coefficient (Wildman–Crippen LogP) is 2.50. The maximum atomic E-state index is 12.7. The number of halogens is 1. The Hall–Kier alpha value is -1.62. The minimum Gasteiger partial charge on any atom is -0.396 e. The lowest BCUT2D eigenvalue weighted by Crippen LogP contribution is -2.45. The maximum absolute atomic E-state index is 12.7. The van der Waals surface area contributed by atoms with Crippen molar-refractivity contribution in [1.82, 2.24) is 5.32 Å². The molecule has 0 aromatic heterocycles. The lowest BCUT2D eigenvalue weighted by molar-refractivity contribution is 0.156. The Morgan fingerprint density at radius 1 is 1.26 bits per heavy atom. The monoisotopic (exact) mass is 266 g/mol. The number of amides is 2. The number of rotatable bonds is 3. The molecule has 0 radical (unpaired) electrons. The fourth-order valence-electron chi connectivity index (χ4n) is 2.48. The van der Waals surface area contributed by atoms with Crippen LogP contribution in [0.1, 0.15) is 25.7 Å². The zero-order valence-electron chi connectivity index (χ0n) is 10.7. The van der Waals surface area contributed by atoms with Crippen LogP contribution in [0.15, 0.2) is 24.3 Å². The van der Waals surface area contributed by atoms with Crippen molar-refractivity contribution < 1.29 is 14.3 Å². The number of carbonyl (C=O) groups excluding carboxylic acids is 1. The summed E-state index contributed by atoms with van der Waals surface area (Å²) in [6.45, 7) is 0.0987. The summed E-state index contributed by atoms with van der Waals surface area (Å²) in [5.74, 6) is -0.202. The smallest absolute Gasteiger partial charge is 0.319 e. The van der Waals surface area contributed by atoms with E-state index in [1.165, 1.54) is 24.3 Å². The highest BCUT2D eigenvalue weighted by Crippen LogP contribution is 2.24. The van der Waals surface area contributed by atoms with Gasteiger partial charge < -0.3 is 15.7 Å². The summed E-state index contributed by atoms with van der Waals surface area (Å²) in [5.41, 5.74) is 0.551. The van der Waals surface area contributed by atoms with Crippen molar-refractivity contribution >= 4 is 11.7 Å². The first-order valence-corrected chi connectivity index (χ1v) is 6.63. The number of aliphatic hydroxyl groups excluding tert-OH is 1.